The topological polar surface area (TPSA) is 66.6 Å². The van der Waals surface area contributed by atoms with E-state index in [0.29, 0.717) is 11.7 Å². The standard InChI is InChI=1S/C11H12N2O3S/c1-7-8(3-4-16-7)5-13(2)11-12-9(6-17-11)10(14)15/h3-4,6H,5H2,1-2H3,(H,14,15). The van der Waals surface area contributed by atoms with Crippen LogP contribution in [0, 0.1) is 6.92 Å². The van der Waals surface area contributed by atoms with Crippen LogP contribution in [-0.4, -0.2) is 23.1 Å². The van der Waals surface area contributed by atoms with E-state index < -0.39 is 5.97 Å². The smallest absolute Gasteiger partial charge is 0.355 e. The third-order valence-electron chi connectivity index (χ3n) is 2.41. The lowest BCUT2D eigenvalue weighted by Crippen LogP contribution is -2.16. The van der Waals surface area contributed by atoms with Gasteiger partial charge in [-0.05, 0) is 13.0 Å². The molecule has 2 aromatic heterocycles. The molecule has 0 unspecified atom stereocenters. The number of rotatable bonds is 4. The first kappa shape index (κ1) is 11.7. The van der Waals surface area contributed by atoms with Crippen molar-refractivity contribution in [2.24, 2.45) is 0 Å². The highest BCUT2D eigenvalue weighted by molar-refractivity contribution is 7.13. The number of carboxylic acids is 1. The highest BCUT2D eigenvalue weighted by Crippen LogP contribution is 2.22. The van der Waals surface area contributed by atoms with Crippen LogP contribution in [0.1, 0.15) is 21.8 Å². The van der Waals surface area contributed by atoms with Crippen molar-refractivity contribution in [3.05, 3.63) is 34.7 Å². The zero-order valence-corrected chi connectivity index (χ0v) is 10.3. The van der Waals surface area contributed by atoms with Crippen LogP contribution in [-0.2, 0) is 6.54 Å². The summed E-state index contributed by atoms with van der Waals surface area (Å²) in [7, 11) is 1.87. The molecule has 2 aromatic rings. The minimum Gasteiger partial charge on any atom is -0.476 e. The number of carbonyl (C=O) groups is 1. The van der Waals surface area contributed by atoms with E-state index in [1.165, 1.54) is 16.7 Å². The van der Waals surface area contributed by atoms with Crippen LogP contribution in [0.4, 0.5) is 5.13 Å². The first-order valence-corrected chi connectivity index (χ1v) is 5.89. The van der Waals surface area contributed by atoms with Gasteiger partial charge in [-0.25, -0.2) is 9.78 Å². The lowest BCUT2D eigenvalue weighted by atomic mass is 10.2. The minimum absolute atomic E-state index is 0.0840. The van der Waals surface area contributed by atoms with Crippen LogP contribution in [0.5, 0.6) is 0 Å². The molecule has 2 heterocycles. The van der Waals surface area contributed by atoms with Crippen molar-refractivity contribution in [1.29, 1.82) is 0 Å². The van der Waals surface area contributed by atoms with Crippen molar-refractivity contribution >= 4 is 22.4 Å². The summed E-state index contributed by atoms with van der Waals surface area (Å²) in [5.74, 6) is -0.132. The van der Waals surface area contributed by atoms with Crippen LogP contribution in [0.25, 0.3) is 0 Å². The van der Waals surface area contributed by atoms with E-state index >= 15 is 0 Å². The summed E-state index contributed by atoms with van der Waals surface area (Å²) in [4.78, 5) is 16.7. The Labute approximate surface area is 102 Å². The number of hydrogen-bond acceptors (Lipinski definition) is 5. The molecule has 0 spiro atoms. The zero-order valence-electron chi connectivity index (χ0n) is 9.51. The van der Waals surface area contributed by atoms with E-state index in [0.717, 1.165) is 11.3 Å². The number of thiazole rings is 1. The van der Waals surface area contributed by atoms with Gasteiger partial charge in [0.2, 0.25) is 0 Å². The molecular formula is C11H12N2O3S. The third-order valence-corrected chi connectivity index (χ3v) is 3.37. The Balaban J connectivity index is 2.12. The fourth-order valence-electron chi connectivity index (χ4n) is 1.44. The quantitative estimate of drug-likeness (QED) is 0.904. The second-order valence-corrected chi connectivity index (χ2v) is 4.52. The molecule has 0 aliphatic carbocycles. The van der Waals surface area contributed by atoms with Crippen molar-refractivity contribution in [3.63, 3.8) is 0 Å². The SMILES string of the molecule is Cc1occc1CN(C)c1nc(C(=O)O)cs1. The maximum atomic E-state index is 10.7. The number of aromatic nitrogens is 1. The second kappa shape index (κ2) is 4.58. The fraction of sp³-hybridized carbons (Fsp3) is 0.273. The molecule has 0 amide bonds. The number of carboxylic acid groups (broad SMARTS) is 1. The van der Waals surface area contributed by atoms with Crippen LogP contribution in [0.15, 0.2) is 22.1 Å². The molecular weight excluding hydrogens is 240 g/mol. The number of nitrogens with zero attached hydrogens (tertiary/aromatic N) is 2. The highest BCUT2D eigenvalue weighted by Gasteiger charge is 2.13. The van der Waals surface area contributed by atoms with Crippen molar-refractivity contribution < 1.29 is 14.3 Å². The first-order chi connectivity index (χ1) is 8.08. The maximum absolute atomic E-state index is 10.7. The molecule has 0 bridgehead atoms. The summed E-state index contributed by atoms with van der Waals surface area (Å²) in [6.07, 6.45) is 1.64. The molecule has 0 fully saturated rings. The Kier molecular flexibility index (Phi) is 3.14. The summed E-state index contributed by atoms with van der Waals surface area (Å²) < 4.78 is 5.21. The zero-order chi connectivity index (χ0) is 12.4. The van der Waals surface area contributed by atoms with E-state index in [2.05, 4.69) is 4.98 Å². The summed E-state index contributed by atoms with van der Waals surface area (Å²) in [6.45, 7) is 2.54. The largest absolute Gasteiger partial charge is 0.476 e. The van der Waals surface area contributed by atoms with Gasteiger partial charge in [-0.3, -0.25) is 0 Å². The molecule has 5 nitrogen and oxygen atoms in total. The monoisotopic (exact) mass is 252 g/mol. The molecule has 0 aromatic carbocycles. The van der Waals surface area contributed by atoms with Gasteiger partial charge in [0, 0.05) is 24.5 Å². The molecule has 2 rings (SSSR count). The van der Waals surface area contributed by atoms with Gasteiger partial charge in [0.25, 0.3) is 0 Å². The van der Waals surface area contributed by atoms with Crippen LogP contribution in [0.3, 0.4) is 0 Å². The molecule has 90 valence electrons. The van der Waals surface area contributed by atoms with Crippen molar-refractivity contribution in [2.45, 2.75) is 13.5 Å². The third kappa shape index (κ3) is 2.47. The normalized spacial score (nSPS) is 10.5. The van der Waals surface area contributed by atoms with E-state index in [1.807, 2.05) is 24.9 Å². The second-order valence-electron chi connectivity index (χ2n) is 3.68. The van der Waals surface area contributed by atoms with Gasteiger partial charge in [-0.15, -0.1) is 11.3 Å². The van der Waals surface area contributed by atoms with E-state index in [4.69, 9.17) is 9.52 Å². The minimum atomic E-state index is -1.000. The summed E-state index contributed by atoms with van der Waals surface area (Å²) in [5, 5.41) is 11.0. The number of anilines is 1. The molecule has 17 heavy (non-hydrogen) atoms. The molecule has 1 N–H and O–H groups in total. The maximum Gasteiger partial charge on any atom is 0.355 e. The van der Waals surface area contributed by atoms with Gasteiger partial charge >= 0.3 is 5.97 Å². The average Bonchev–Trinajstić information content (AvgIpc) is 2.88. The van der Waals surface area contributed by atoms with Crippen LogP contribution >= 0.6 is 11.3 Å². The molecule has 0 aliphatic rings. The number of aromatic carboxylic acids is 1. The Morgan fingerprint density at radius 3 is 2.94 bits per heavy atom. The molecule has 0 atom stereocenters. The Morgan fingerprint density at radius 2 is 2.41 bits per heavy atom. The summed E-state index contributed by atoms with van der Waals surface area (Å²) in [5.41, 5.74) is 1.15. The molecule has 0 radical (unpaired) electrons. The number of hydrogen-bond donors (Lipinski definition) is 1. The van der Waals surface area contributed by atoms with Crippen LogP contribution < -0.4 is 4.90 Å². The first-order valence-electron chi connectivity index (χ1n) is 5.01. The predicted octanol–water partition coefficient (Wildman–Crippen LogP) is 2.38. The number of furan rings is 1. The van der Waals surface area contributed by atoms with Crippen molar-refractivity contribution in [3.8, 4) is 0 Å². The fourth-order valence-corrected chi connectivity index (χ4v) is 2.20. The summed E-state index contributed by atoms with van der Waals surface area (Å²) in [6, 6.07) is 1.90. The van der Waals surface area contributed by atoms with Gasteiger partial charge in [0.05, 0.1) is 6.26 Å². The van der Waals surface area contributed by atoms with Gasteiger partial charge in [-0.2, -0.15) is 0 Å². The lowest BCUT2D eigenvalue weighted by Gasteiger charge is -2.14. The van der Waals surface area contributed by atoms with E-state index in [-0.39, 0.29) is 5.69 Å². The number of aryl methyl sites for hydroxylation is 1. The molecule has 0 aliphatic heterocycles. The molecule has 0 saturated carbocycles. The van der Waals surface area contributed by atoms with Crippen molar-refractivity contribution in [1.82, 2.24) is 4.98 Å². The van der Waals surface area contributed by atoms with E-state index in [1.54, 1.807) is 6.26 Å². The van der Waals surface area contributed by atoms with E-state index in [9.17, 15) is 4.79 Å². The van der Waals surface area contributed by atoms with Gasteiger partial charge in [0.15, 0.2) is 10.8 Å². The van der Waals surface area contributed by atoms with Gasteiger partial charge in [-0.1, -0.05) is 0 Å². The van der Waals surface area contributed by atoms with Crippen LogP contribution in [0.2, 0.25) is 0 Å². The predicted molar refractivity (Wildman–Crippen MR) is 64.6 cm³/mol. The Bertz CT molecular complexity index is 532. The lowest BCUT2D eigenvalue weighted by molar-refractivity contribution is 0.0691. The van der Waals surface area contributed by atoms with Gasteiger partial charge in [0.1, 0.15) is 5.76 Å². The molecule has 6 heteroatoms. The van der Waals surface area contributed by atoms with Crippen molar-refractivity contribution in [2.75, 3.05) is 11.9 Å². The highest BCUT2D eigenvalue weighted by atomic mass is 32.1. The molecule has 0 saturated heterocycles. The Hall–Kier alpha value is -1.82. The average molecular weight is 252 g/mol. The Morgan fingerprint density at radius 1 is 1.65 bits per heavy atom. The summed E-state index contributed by atoms with van der Waals surface area (Å²) >= 11 is 1.32. The van der Waals surface area contributed by atoms with Gasteiger partial charge < -0.3 is 14.4 Å².